The molecule has 0 radical (unpaired) electrons. The quantitative estimate of drug-likeness (QED) is 0.879. The highest BCUT2D eigenvalue weighted by atomic mass is 16.2. The van der Waals surface area contributed by atoms with E-state index in [0.29, 0.717) is 24.1 Å². The topological polar surface area (TPSA) is 73.7 Å². The largest absolute Gasteiger partial charge is 0.342 e. The number of likely N-dealkylation sites (tertiary alicyclic amines) is 1. The lowest BCUT2D eigenvalue weighted by atomic mass is 9.94. The van der Waals surface area contributed by atoms with Crippen molar-refractivity contribution in [1.29, 1.82) is 0 Å². The Morgan fingerprint density at radius 1 is 1.25 bits per heavy atom. The summed E-state index contributed by atoms with van der Waals surface area (Å²) in [6.07, 6.45) is 4.97. The molecule has 0 spiro atoms. The molecule has 1 aliphatic carbocycles. The van der Waals surface area contributed by atoms with Gasteiger partial charge in [0, 0.05) is 62.2 Å². The Morgan fingerprint density at radius 2 is 2.07 bits per heavy atom. The number of nitrogens with zero attached hydrogens (tertiary/aromatic N) is 4. The molecule has 1 saturated heterocycles. The number of rotatable bonds is 3. The Morgan fingerprint density at radius 3 is 2.82 bits per heavy atom. The Balaban J connectivity index is 1.44. The number of carbonyl (C=O) groups is 1. The number of piperidine rings is 1. The molecule has 0 bridgehead atoms. The number of carbonyl (C=O) groups excluding carboxylic acids is 1. The van der Waals surface area contributed by atoms with Crippen LogP contribution in [0.4, 0.5) is 0 Å². The molecule has 0 aromatic carbocycles. The third-order valence-electron chi connectivity index (χ3n) is 6.64. The smallest absolute Gasteiger partial charge is 0.277 e. The third-order valence-corrected chi connectivity index (χ3v) is 6.64. The molecule has 150 valence electrons. The third kappa shape index (κ3) is 3.05. The molecule has 5 rings (SSSR count). The molecule has 0 unspecified atom stereocenters. The molecule has 3 aliphatic rings. The van der Waals surface area contributed by atoms with Gasteiger partial charge in [0.25, 0.3) is 5.56 Å². The Labute approximate surface area is 164 Å². The van der Waals surface area contributed by atoms with E-state index in [2.05, 4.69) is 23.8 Å². The van der Waals surface area contributed by atoms with Gasteiger partial charge >= 0.3 is 0 Å². The molecule has 4 heterocycles. The highest BCUT2D eigenvalue weighted by molar-refractivity contribution is 5.81. The van der Waals surface area contributed by atoms with Crippen molar-refractivity contribution in [2.45, 2.75) is 64.5 Å². The van der Waals surface area contributed by atoms with Gasteiger partial charge in [-0.15, -0.1) is 0 Å². The number of amides is 1. The highest BCUT2D eigenvalue weighted by Crippen LogP contribution is 2.34. The van der Waals surface area contributed by atoms with Gasteiger partial charge in [-0.1, -0.05) is 0 Å². The first-order valence-corrected chi connectivity index (χ1v) is 10.7. The standard InChI is InChI=1S/C21H29N5O2/c1-13(2)24-9-7-17-16(12-24)21(28)26-19(22-17)10-18(23-26)15-4-3-8-25(11-15)20(27)14-5-6-14/h10,13-15,23H,3-9,11-12H2,1-2H3/t15-/m0/s1. The molecule has 1 atom stereocenters. The van der Waals surface area contributed by atoms with E-state index in [1.54, 1.807) is 4.52 Å². The number of nitrogens with one attached hydrogen (secondary N) is 1. The Kier molecular flexibility index (Phi) is 4.30. The molecule has 1 amide bonds. The van der Waals surface area contributed by atoms with Crippen LogP contribution >= 0.6 is 0 Å². The first-order valence-electron chi connectivity index (χ1n) is 10.7. The minimum absolute atomic E-state index is 0.0262. The molecule has 7 heteroatoms. The molecular formula is C21H29N5O2. The van der Waals surface area contributed by atoms with E-state index in [1.807, 2.05) is 11.0 Å². The van der Waals surface area contributed by atoms with Crippen molar-refractivity contribution in [1.82, 2.24) is 24.4 Å². The summed E-state index contributed by atoms with van der Waals surface area (Å²) in [4.78, 5) is 34.7. The van der Waals surface area contributed by atoms with Gasteiger partial charge in [-0.2, -0.15) is 0 Å². The summed E-state index contributed by atoms with van der Waals surface area (Å²) >= 11 is 0. The summed E-state index contributed by atoms with van der Waals surface area (Å²) in [6, 6.07) is 2.44. The highest BCUT2D eigenvalue weighted by Gasteiger charge is 2.36. The molecule has 1 N–H and O–H groups in total. The van der Waals surface area contributed by atoms with E-state index in [-0.39, 0.29) is 17.4 Å². The Hall–Kier alpha value is -2.15. The van der Waals surface area contributed by atoms with Crippen LogP contribution in [0.2, 0.25) is 0 Å². The molecule has 2 aliphatic heterocycles. The van der Waals surface area contributed by atoms with Crippen LogP contribution in [0.1, 0.15) is 62.4 Å². The fraction of sp³-hybridized carbons (Fsp3) is 0.667. The number of fused-ring (bicyclic) bond motifs is 2. The minimum atomic E-state index is 0.0262. The van der Waals surface area contributed by atoms with Crippen molar-refractivity contribution in [3.05, 3.63) is 33.4 Å². The summed E-state index contributed by atoms with van der Waals surface area (Å²) in [6.45, 7) is 7.56. The van der Waals surface area contributed by atoms with Gasteiger partial charge in [-0.3, -0.25) is 19.6 Å². The van der Waals surface area contributed by atoms with Crippen LogP contribution < -0.4 is 5.56 Å². The van der Waals surface area contributed by atoms with Crippen LogP contribution in [0.5, 0.6) is 0 Å². The average Bonchev–Trinajstić information content (AvgIpc) is 3.46. The number of hydrogen-bond acceptors (Lipinski definition) is 4. The fourth-order valence-corrected chi connectivity index (χ4v) is 4.69. The summed E-state index contributed by atoms with van der Waals surface area (Å²) in [5.74, 6) is 0.837. The molecule has 1 saturated carbocycles. The number of H-pyrrole nitrogens is 1. The normalized spacial score (nSPS) is 23.4. The number of hydrogen-bond donors (Lipinski definition) is 1. The maximum Gasteiger partial charge on any atom is 0.277 e. The van der Waals surface area contributed by atoms with Crippen molar-refractivity contribution in [3.63, 3.8) is 0 Å². The van der Waals surface area contributed by atoms with Crippen LogP contribution in [-0.4, -0.2) is 56.0 Å². The summed E-state index contributed by atoms with van der Waals surface area (Å²) in [5, 5.41) is 3.32. The number of aromatic amines is 1. The van der Waals surface area contributed by atoms with Gasteiger partial charge in [0.2, 0.25) is 5.91 Å². The van der Waals surface area contributed by atoms with E-state index in [0.717, 1.165) is 68.7 Å². The van der Waals surface area contributed by atoms with Gasteiger partial charge in [0.15, 0.2) is 5.65 Å². The van der Waals surface area contributed by atoms with Crippen molar-refractivity contribution < 1.29 is 4.79 Å². The zero-order chi connectivity index (χ0) is 19.4. The van der Waals surface area contributed by atoms with Crippen LogP contribution in [0.3, 0.4) is 0 Å². The summed E-state index contributed by atoms with van der Waals surface area (Å²) in [7, 11) is 0. The van der Waals surface area contributed by atoms with E-state index < -0.39 is 0 Å². The lowest BCUT2D eigenvalue weighted by molar-refractivity contribution is -0.133. The van der Waals surface area contributed by atoms with E-state index in [1.165, 1.54) is 0 Å². The zero-order valence-corrected chi connectivity index (χ0v) is 16.8. The lowest BCUT2D eigenvalue weighted by Gasteiger charge is -2.32. The van der Waals surface area contributed by atoms with Gasteiger partial charge in [-0.05, 0) is 39.5 Å². The van der Waals surface area contributed by atoms with Gasteiger partial charge in [0.1, 0.15) is 0 Å². The molecule has 7 nitrogen and oxygen atoms in total. The summed E-state index contributed by atoms with van der Waals surface area (Å²) < 4.78 is 1.61. The van der Waals surface area contributed by atoms with Gasteiger partial charge < -0.3 is 4.90 Å². The fourth-order valence-electron chi connectivity index (χ4n) is 4.69. The molecular weight excluding hydrogens is 354 g/mol. The Bertz CT molecular complexity index is 971. The predicted octanol–water partition coefficient (Wildman–Crippen LogP) is 1.91. The molecule has 28 heavy (non-hydrogen) atoms. The van der Waals surface area contributed by atoms with Crippen molar-refractivity contribution in [2.75, 3.05) is 19.6 Å². The predicted molar refractivity (Wildman–Crippen MR) is 106 cm³/mol. The molecule has 2 aromatic rings. The molecule has 2 aromatic heterocycles. The second-order valence-corrected chi connectivity index (χ2v) is 8.96. The van der Waals surface area contributed by atoms with Gasteiger partial charge in [-0.25, -0.2) is 9.50 Å². The monoisotopic (exact) mass is 383 g/mol. The zero-order valence-electron chi connectivity index (χ0n) is 16.8. The van der Waals surface area contributed by atoms with Crippen LogP contribution in [0.25, 0.3) is 5.65 Å². The van der Waals surface area contributed by atoms with Crippen molar-refractivity contribution >= 4 is 11.6 Å². The average molecular weight is 383 g/mol. The lowest BCUT2D eigenvalue weighted by Crippen LogP contribution is -2.40. The number of aromatic nitrogens is 3. The first kappa shape index (κ1) is 17.9. The van der Waals surface area contributed by atoms with Crippen molar-refractivity contribution in [3.8, 4) is 0 Å². The second-order valence-electron chi connectivity index (χ2n) is 8.96. The van der Waals surface area contributed by atoms with E-state index in [9.17, 15) is 9.59 Å². The van der Waals surface area contributed by atoms with Crippen LogP contribution in [-0.2, 0) is 17.8 Å². The van der Waals surface area contributed by atoms with Gasteiger partial charge in [0.05, 0.1) is 11.3 Å². The first-order chi connectivity index (χ1) is 13.5. The van der Waals surface area contributed by atoms with E-state index in [4.69, 9.17) is 4.98 Å². The SMILES string of the molecule is CC(C)N1CCc2nc3cc([C@H]4CCCN(C(=O)C5CC5)C4)[nH]n3c(=O)c2C1. The van der Waals surface area contributed by atoms with Crippen LogP contribution in [0.15, 0.2) is 10.9 Å². The summed E-state index contributed by atoms with van der Waals surface area (Å²) in [5.41, 5.74) is 3.53. The minimum Gasteiger partial charge on any atom is -0.342 e. The van der Waals surface area contributed by atoms with Crippen LogP contribution in [0, 0.1) is 5.92 Å². The second kappa shape index (κ2) is 6.72. The maximum absolute atomic E-state index is 13.1. The van der Waals surface area contributed by atoms with E-state index >= 15 is 0 Å². The maximum atomic E-state index is 13.1. The van der Waals surface area contributed by atoms with Crippen molar-refractivity contribution in [2.24, 2.45) is 5.92 Å². The molecule has 2 fully saturated rings.